The lowest BCUT2D eigenvalue weighted by molar-refractivity contribution is 0.180. The summed E-state index contributed by atoms with van der Waals surface area (Å²) in [5, 5.41) is 12.4. The van der Waals surface area contributed by atoms with Gasteiger partial charge in [-0.15, -0.1) is 11.3 Å². The molecule has 0 fully saturated rings. The Morgan fingerprint density at radius 3 is 2.74 bits per heavy atom. The van der Waals surface area contributed by atoms with E-state index in [1.54, 1.807) is 37.8 Å². The summed E-state index contributed by atoms with van der Waals surface area (Å²) < 4.78 is 10.7. The van der Waals surface area contributed by atoms with Gasteiger partial charge < -0.3 is 14.6 Å². The molecule has 0 amide bonds. The van der Waals surface area contributed by atoms with Crippen LogP contribution in [0.2, 0.25) is 0 Å². The third kappa shape index (κ3) is 4.91. The maximum Gasteiger partial charge on any atom is 0.188 e. The monoisotopic (exact) mass is 336 g/mol. The van der Waals surface area contributed by atoms with E-state index < -0.39 is 0 Å². The third-order valence-corrected chi connectivity index (χ3v) is 4.51. The smallest absolute Gasteiger partial charge is 0.188 e. The Balaban J connectivity index is 1.99. The van der Waals surface area contributed by atoms with Gasteiger partial charge in [0.25, 0.3) is 0 Å². The fourth-order valence-corrected chi connectivity index (χ4v) is 3.22. The topological polar surface area (TPSA) is 64.5 Å². The summed E-state index contributed by atoms with van der Waals surface area (Å²) in [6, 6.07) is 1.78. The largest absolute Gasteiger partial charge is 0.493 e. The fourth-order valence-electron chi connectivity index (χ4n) is 2.40. The molecule has 0 aliphatic heterocycles. The van der Waals surface area contributed by atoms with Gasteiger partial charge in [0.1, 0.15) is 11.4 Å². The highest BCUT2D eigenvalue weighted by Crippen LogP contribution is 2.36. The van der Waals surface area contributed by atoms with Crippen molar-refractivity contribution in [3.05, 3.63) is 22.7 Å². The molecule has 2 aromatic heterocycles. The minimum atomic E-state index is -0.201. The number of pyridine rings is 1. The number of ether oxygens (including phenoxy) is 2. The van der Waals surface area contributed by atoms with E-state index in [2.05, 4.69) is 9.97 Å². The predicted octanol–water partition coefficient (Wildman–Crippen LogP) is 3.71. The van der Waals surface area contributed by atoms with E-state index >= 15 is 0 Å². The molecule has 2 aromatic rings. The average Bonchev–Trinajstić information content (AvgIpc) is 3.02. The standard InChI is InChI=1S/C17H24N2O3S/c1-12(20)7-5-4-6-8-15-19-13(11-23-15)16-17(22-3)14(21-2)9-10-18-16/h9-12,20H,4-8H2,1-3H3. The Morgan fingerprint density at radius 1 is 1.22 bits per heavy atom. The van der Waals surface area contributed by atoms with Crippen molar-refractivity contribution >= 4 is 11.3 Å². The highest BCUT2D eigenvalue weighted by molar-refractivity contribution is 7.09. The third-order valence-electron chi connectivity index (χ3n) is 3.60. The zero-order valence-electron chi connectivity index (χ0n) is 13.9. The number of hydrogen-bond donors (Lipinski definition) is 1. The molecule has 1 N–H and O–H groups in total. The van der Waals surface area contributed by atoms with E-state index in [1.165, 1.54) is 0 Å². The molecular formula is C17H24N2O3S. The summed E-state index contributed by atoms with van der Waals surface area (Å²) in [6.45, 7) is 1.83. The first-order chi connectivity index (χ1) is 11.2. The van der Waals surface area contributed by atoms with Crippen LogP contribution in [0.4, 0.5) is 0 Å². The van der Waals surface area contributed by atoms with Crippen molar-refractivity contribution in [1.82, 2.24) is 9.97 Å². The summed E-state index contributed by atoms with van der Waals surface area (Å²) in [5.41, 5.74) is 1.54. The lowest BCUT2D eigenvalue weighted by Crippen LogP contribution is -1.98. The number of aliphatic hydroxyl groups excluding tert-OH is 1. The zero-order chi connectivity index (χ0) is 16.7. The Labute approximate surface area is 141 Å². The first-order valence-electron chi connectivity index (χ1n) is 7.85. The minimum Gasteiger partial charge on any atom is -0.493 e. The SMILES string of the molecule is COc1ccnc(-c2csc(CCCCCC(C)O)n2)c1OC. The lowest BCUT2D eigenvalue weighted by Gasteiger charge is -2.09. The van der Waals surface area contributed by atoms with Crippen molar-refractivity contribution in [2.45, 2.75) is 45.1 Å². The van der Waals surface area contributed by atoms with Gasteiger partial charge in [0, 0.05) is 17.6 Å². The first-order valence-corrected chi connectivity index (χ1v) is 8.73. The molecule has 0 spiro atoms. The molecule has 2 heterocycles. The molecule has 0 saturated heterocycles. The van der Waals surface area contributed by atoms with Crippen molar-refractivity contribution in [2.75, 3.05) is 14.2 Å². The Morgan fingerprint density at radius 2 is 2.04 bits per heavy atom. The van der Waals surface area contributed by atoms with Gasteiger partial charge in [0.05, 0.1) is 25.3 Å². The van der Waals surface area contributed by atoms with Crippen molar-refractivity contribution in [3.63, 3.8) is 0 Å². The van der Waals surface area contributed by atoms with E-state index in [9.17, 15) is 5.11 Å². The highest BCUT2D eigenvalue weighted by atomic mass is 32.1. The Hall–Kier alpha value is -1.66. The van der Waals surface area contributed by atoms with Gasteiger partial charge in [-0.1, -0.05) is 12.8 Å². The van der Waals surface area contributed by atoms with Gasteiger partial charge in [-0.05, 0) is 26.2 Å². The van der Waals surface area contributed by atoms with Gasteiger partial charge in [0.2, 0.25) is 0 Å². The lowest BCUT2D eigenvalue weighted by atomic mass is 10.1. The minimum absolute atomic E-state index is 0.201. The maximum atomic E-state index is 9.25. The van der Waals surface area contributed by atoms with Crippen LogP contribution in [-0.4, -0.2) is 35.4 Å². The maximum absolute atomic E-state index is 9.25. The molecule has 126 valence electrons. The van der Waals surface area contributed by atoms with Gasteiger partial charge >= 0.3 is 0 Å². The number of aromatic nitrogens is 2. The molecule has 23 heavy (non-hydrogen) atoms. The van der Waals surface area contributed by atoms with Gasteiger partial charge in [0.15, 0.2) is 11.5 Å². The van der Waals surface area contributed by atoms with Gasteiger partial charge in [-0.25, -0.2) is 4.98 Å². The number of unbranched alkanes of at least 4 members (excludes halogenated alkanes) is 2. The predicted molar refractivity (Wildman–Crippen MR) is 92.3 cm³/mol. The summed E-state index contributed by atoms with van der Waals surface area (Å²) in [6.07, 6.45) is 6.58. The molecule has 2 rings (SSSR count). The van der Waals surface area contributed by atoms with Crippen molar-refractivity contribution in [1.29, 1.82) is 0 Å². The second-order valence-electron chi connectivity index (χ2n) is 5.47. The van der Waals surface area contributed by atoms with Crippen LogP contribution in [0.25, 0.3) is 11.4 Å². The zero-order valence-corrected chi connectivity index (χ0v) is 14.7. The fraction of sp³-hybridized carbons (Fsp3) is 0.529. The van der Waals surface area contributed by atoms with E-state index in [1.807, 2.05) is 12.3 Å². The molecule has 0 aliphatic rings. The number of rotatable bonds is 9. The molecule has 6 heteroatoms. The van der Waals surface area contributed by atoms with Gasteiger partial charge in [-0.2, -0.15) is 0 Å². The number of aliphatic hydroxyl groups is 1. The van der Waals surface area contributed by atoms with E-state index in [0.29, 0.717) is 17.2 Å². The Kier molecular flexibility index (Phi) is 6.80. The number of thiazole rings is 1. The number of nitrogens with zero attached hydrogens (tertiary/aromatic N) is 2. The molecule has 0 aliphatic carbocycles. The second-order valence-corrected chi connectivity index (χ2v) is 6.41. The molecule has 0 aromatic carbocycles. The van der Waals surface area contributed by atoms with E-state index in [-0.39, 0.29) is 6.10 Å². The number of hydrogen-bond acceptors (Lipinski definition) is 6. The second kappa shape index (κ2) is 8.84. The normalized spacial score (nSPS) is 12.2. The van der Waals surface area contributed by atoms with Crippen LogP contribution in [0.1, 0.15) is 37.6 Å². The van der Waals surface area contributed by atoms with Crippen LogP contribution in [0.3, 0.4) is 0 Å². The van der Waals surface area contributed by atoms with Crippen LogP contribution in [0.15, 0.2) is 17.6 Å². The van der Waals surface area contributed by atoms with Crippen LogP contribution in [-0.2, 0) is 6.42 Å². The van der Waals surface area contributed by atoms with Crippen LogP contribution in [0, 0.1) is 0 Å². The quantitative estimate of drug-likeness (QED) is 0.707. The summed E-state index contributed by atoms with van der Waals surface area (Å²) in [4.78, 5) is 9.05. The summed E-state index contributed by atoms with van der Waals surface area (Å²) in [5.74, 6) is 1.27. The molecule has 0 saturated carbocycles. The van der Waals surface area contributed by atoms with Crippen LogP contribution < -0.4 is 9.47 Å². The number of aryl methyl sites for hydroxylation is 1. The van der Waals surface area contributed by atoms with E-state index in [0.717, 1.165) is 42.8 Å². The summed E-state index contributed by atoms with van der Waals surface area (Å²) in [7, 11) is 3.22. The Bertz CT molecular complexity index is 614. The van der Waals surface area contributed by atoms with Crippen LogP contribution >= 0.6 is 11.3 Å². The van der Waals surface area contributed by atoms with Crippen molar-refractivity contribution < 1.29 is 14.6 Å². The molecule has 1 unspecified atom stereocenters. The molecule has 1 atom stereocenters. The van der Waals surface area contributed by atoms with Gasteiger partial charge in [-0.3, -0.25) is 4.98 Å². The average molecular weight is 336 g/mol. The van der Waals surface area contributed by atoms with Crippen molar-refractivity contribution in [3.8, 4) is 22.9 Å². The summed E-state index contributed by atoms with van der Waals surface area (Å²) >= 11 is 1.64. The molecule has 0 radical (unpaired) electrons. The molecule has 0 bridgehead atoms. The highest BCUT2D eigenvalue weighted by Gasteiger charge is 2.15. The van der Waals surface area contributed by atoms with Crippen LogP contribution in [0.5, 0.6) is 11.5 Å². The van der Waals surface area contributed by atoms with Crippen molar-refractivity contribution in [2.24, 2.45) is 0 Å². The first kappa shape index (κ1) is 17.7. The van der Waals surface area contributed by atoms with E-state index in [4.69, 9.17) is 9.47 Å². The molecular weight excluding hydrogens is 312 g/mol. The number of methoxy groups -OCH3 is 2. The molecule has 5 nitrogen and oxygen atoms in total.